The Morgan fingerprint density at radius 3 is 2.23 bits per heavy atom. The number of aromatic nitrogens is 2. The number of aryl methyl sites for hydroxylation is 2. The lowest BCUT2D eigenvalue weighted by molar-refractivity contribution is -0.160. The SMILES string of the molecule is Cc1cccc(C)c1-c1cc(OC(CN)c2ccc(C3(C(F)(F)F)CC3)cc2)nc(NS(=O)(=O)c2cccc(C(=O)O)c2)n1. The van der Waals surface area contributed by atoms with Crippen molar-refractivity contribution >= 4 is 21.9 Å². The van der Waals surface area contributed by atoms with Gasteiger partial charge in [0.15, 0.2) is 0 Å². The number of hydrogen-bond donors (Lipinski definition) is 3. The zero-order valence-corrected chi connectivity index (χ0v) is 24.5. The highest BCUT2D eigenvalue weighted by molar-refractivity contribution is 7.92. The van der Waals surface area contributed by atoms with Crippen LogP contribution in [-0.4, -0.2) is 42.2 Å². The molecule has 13 heteroatoms. The van der Waals surface area contributed by atoms with E-state index in [-0.39, 0.29) is 47.2 Å². The summed E-state index contributed by atoms with van der Waals surface area (Å²) in [6, 6.07) is 17.9. The standard InChI is InChI=1S/C31H29F3N4O5S/c1-18-5-3-6-19(2)27(18)24-16-26(37-29(36-24)38-44(41,42)23-8-4-7-21(15-23)28(39)40)43-25(17-35)20-9-11-22(12-10-20)30(13-14-30)31(32,33)34/h3-12,15-16,25H,13-14,17,35H2,1-2H3,(H,39,40)(H,36,37,38). The molecule has 0 amide bonds. The number of carboxylic acid groups (broad SMARTS) is 1. The fourth-order valence-corrected chi connectivity index (χ4v) is 6.12. The van der Waals surface area contributed by atoms with Crippen LogP contribution in [-0.2, 0) is 15.4 Å². The Morgan fingerprint density at radius 1 is 1.02 bits per heavy atom. The van der Waals surface area contributed by atoms with Gasteiger partial charge in [0.25, 0.3) is 10.0 Å². The van der Waals surface area contributed by atoms with Gasteiger partial charge in [0, 0.05) is 18.2 Å². The number of anilines is 1. The number of halogens is 3. The van der Waals surface area contributed by atoms with Crippen LogP contribution in [0.5, 0.6) is 5.88 Å². The lowest BCUT2D eigenvalue weighted by atomic mass is 9.93. The third-order valence-electron chi connectivity index (χ3n) is 7.66. The van der Waals surface area contributed by atoms with Gasteiger partial charge in [-0.2, -0.15) is 18.2 Å². The van der Waals surface area contributed by atoms with E-state index in [1.165, 1.54) is 48.5 Å². The molecule has 0 spiro atoms. The predicted octanol–water partition coefficient (Wildman–Crippen LogP) is 5.93. The van der Waals surface area contributed by atoms with Crippen molar-refractivity contribution < 1.29 is 36.2 Å². The van der Waals surface area contributed by atoms with Gasteiger partial charge in [-0.1, -0.05) is 48.5 Å². The number of rotatable bonds is 10. The minimum atomic E-state index is -4.35. The van der Waals surface area contributed by atoms with Crippen molar-refractivity contribution in [1.29, 1.82) is 0 Å². The van der Waals surface area contributed by atoms with Gasteiger partial charge in [0.2, 0.25) is 11.8 Å². The number of carboxylic acids is 1. The van der Waals surface area contributed by atoms with Crippen molar-refractivity contribution in [2.24, 2.45) is 5.73 Å². The maximum atomic E-state index is 13.6. The molecule has 44 heavy (non-hydrogen) atoms. The first-order chi connectivity index (χ1) is 20.7. The normalized spacial score (nSPS) is 15.0. The summed E-state index contributed by atoms with van der Waals surface area (Å²) in [7, 11) is -4.33. The summed E-state index contributed by atoms with van der Waals surface area (Å²) in [6.45, 7) is 3.67. The second-order valence-corrected chi connectivity index (χ2v) is 12.3. The molecule has 1 aliphatic carbocycles. The first-order valence-electron chi connectivity index (χ1n) is 13.6. The van der Waals surface area contributed by atoms with E-state index in [1.807, 2.05) is 32.0 Å². The number of alkyl halides is 3. The maximum absolute atomic E-state index is 13.6. The quantitative estimate of drug-likeness (QED) is 0.196. The molecule has 9 nitrogen and oxygen atoms in total. The Hall–Kier alpha value is -4.49. The van der Waals surface area contributed by atoms with E-state index >= 15 is 0 Å². The number of benzene rings is 3. The lowest BCUT2D eigenvalue weighted by Gasteiger charge is -2.22. The average Bonchev–Trinajstić information content (AvgIpc) is 3.79. The molecule has 1 atom stereocenters. The van der Waals surface area contributed by atoms with Crippen molar-refractivity contribution in [3.8, 4) is 17.1 Å². The maximum Gasteiger partial charge on any atom is 0.398 e. The van der Waals surface area contributed by atoms with Crippen molar-refractivity contribution in [2.75, 3.05) is 11.3 Å². The van der Waals surface area contributed by atoms with E-state index < -0.39 is 33.7 Å². The Morgan fingerprint density at radius 2 is 1.66 bits per heavy atom. The minimum absolute atomic E-state index is 0.0357. The Kier molecular flexibility index (Phi) is 8.12. The third kappa shape index (κ3) is 6.10. The van der Waals surface area contributed by atoms with Crippen LogP contribution < -0.4 is 15.2 Å². The monoisotopic (exact) mass is 626 g/mol. The average molecular weight is 627 g/mol. The number of nitrogens with one attached hydrogen (secondary N) is 1. The number of nitrogens with zero attached hydrogens (tertiary/aromatic N) is 2. The Balaban J connectivity index is 1.51. The summed E-state index contributed by atoms with van der Waals surface area (Å²) in [6.07, 6.45) is -5.10. The Bertz CT molecular complexity index is 1800. The van der Waals surface area contributed by atoms with E-state index in [2.05, 4.69) is 14.7 Å². The summed E-state index contributed by atoms with van der Waals surface area (Å²) >= 11 is 0. The first-order valence-corrected chi connectivity index (χ1v) is 15.1. The summed E-state index contributed by atoms with van der Waals surface area (Å²) in [5, 5.41) is 9.29. The van der Waals surface area contributed by atoms with Gasteiger partial charge in [0.05, 0.1) is 21.6 Å². The van der Waals surface area contributed by atoms with Gasteiger partial charge in [-0.3, -0.25) is 0 Å². The molecular formula is C31H29F3N4O5S. The fourth-order valence-electron chi connectivity index (χ4n) is 5.13. The molecular weight excluding hydrogens is 597 g/mol. The smallest absolute Gasteiger partial charge is 0.398 e. The zero-order valence-electron chi connectivity index (χ0n) is 23.7. The molecule has 3 aromatic carbocycles. The van der Waals surface area contributed by atoms with E-state index in [0.29, 0.717) is 16.8 Å². The van der Waals surface area contributed by atoms with E-state index in [4.69, 9.17) is 10.5 Å². The van der Waals surface area contributed by atoms with Crippen molar-refractivity contribution in [2.45, 2.75) is 49.3 Å². The van der Waals surface area contributed by atoms with Gasteiger partial charge in [-0.05, 0) is 67.1 Å². The molecule has 0 radical (unpaired) electrons. The molecule has 1 saturated carbocycles. The summed E-state index contributed by atoms with van der Waals surface area (Å²) < 4.78 is 75.7. The zero-order chi connectivity index (χ0) is 31.9. The molecule has 0 saturated heterocycles. The highest BCUT2D eigenvalue weighted by atomic mass is 32.2. The number of nitrogens with two attached hydrogens (primary N) is 1. The highest BCUT2D eigenvalue weighted by Gasteiger charge is 2.64. The molecule has 5 rings (SSSR count). The second-order valence-electron chi connectivity index (χ2n) is 10.7. The van der Waals surface area contributed by atoms with Crippen molar-refractivity contribution in [3.05, 3.63) is 101 Å². The van der Waals surface area contributed by atoms with Crippen molar-refractivity contribution in [3.63, 3.8) is 0 Å². The van der Waals surface area contributed by atoms with Gasteiger partial charge in [-0.25, -0.2) is 22.9 Å². The summed E-state index contributed by atoms with van der Waals surface area (Å²) in [4.78, 5) is 19.8. The molecule has 4 N–H and O–H groups in total. The largest absolute Gasteiger partial charge is 0.478 e. The van der Waals surface area contributed by atoms with Crippen LogP contribution in [0, 0.1) is 13.8 Å². The molecule has 4 aromatic rings. The van der Waals surface area contributed by atoms with E-state index in [0.717, 1.165) is 17.2 Å². The van der Waals surface area contributed by atoms with E-state index in [1.54, 1.807) is 0 Å². The van der Waals surface area contributed by atoms with Crippen LogP contribution in [0.1, 0.15) is 51.6 Å². The van der Waals surface area contributed by atoms with Crippen molar-refractivity contribution in [1.82, 2.24) is 9.97 Å². The fraction of sp³-hybridized carbons (Fsp3) is 0.258. The summed E-state index contributed by atoms with van der Waals surface area (Å²) in [5.74, 6) is -1.67. The minimum Gasteiger partial charge on any atom is -0.478 e. The molecule has 1 aliphatic rings. The van der Waals surface area contributed by atoms with E-state index in [9.17, 15) is 31.5 Å². The second kappa shape index (κ2) is 11.5. The molecule has 0 aliphatic heterocycles. The number of sulfonamides is 1. The van der Waals surface area contributed by atoms with Crippen LogP contribution >= 0.6 is 0 Å². The van der Waals surface area contributed by atoms with Crippen LogP contribution in [0.15, 0.2) is 77.7 Å². The topological polar surface area (TPSA) is 144 Å². The van der Waals surface area contributed by atoms with Crippen LogP contribution in [0.3, 0.4) is 0 Å². The lowest BCUT2D eigenvalue weighted by Crippen LogP contribution is -2.28. The highest BCUT2D eigenvalue weighted by Crippen LogP contribution is 2.58. The predicted molar refractivity (Wildman–Crippen MR) is 157 cm³/mol. The molecule has 1 unspecified atom stereocenters. The summed E-state index contributed by atoms with van der Waals surface area (Å²) in [5.41, 5.74) is 7.39. The van der Waals surface area contributed by atoms with Crippen LogP contribution in [0.2, 0.25) is 0 Å². The molecule has 1 aromatic heterocycles. The Labute approximate surface area is 252 Å². The molecule has 1 fully saturated rings. The van der Waals surface area contributed by atoms with Crippen LogP contribution in [0.4, 0.5) is 19.1 Å². The number of hydrogen-bond acceptors (Lipinski definition) is 7. The van der Waals surface area contributed by atoms with Crippen LogP contribution in [0.25, 0.3) is 11.3 Å². The number of aromatic carboxylic acids is 1. The van der Waals surface area contributed by atoms with Gasteiger partial charge in [0.1, 0.15) is 6.10 Å². The number of carbonyl (C=O) groups is 1. The van der Waals surface area contributed by atoms with Gasteiger partial charge in [-0.15, -0.1) is 0 Å². The number of ether oxygens (including phenoxy) is 1. The molecule has 230 valence electrons. The van der Waals surface area contributed by atoms with Gasteiger partial charge >= 0.3 is 12.1 Å². The first kappa shape index (κ1) is 31.0. The third-order valence-corrected chi connectivity index (χ3v) is 8.99. The van der Waals surface area contributed by atoms with Gasteiger partial charge < -0.3 is 15.6 Å². The molecule has 0 bridgehead atoms. The molecule has 1 heterocycles.